The van der Waals surface area contributed by atoms with Crippen LogP contribution in [0.15, 0.2) is 23.2 Å². The van der Waals surface area contributed by atoms with Crippen molar-refractivity contribution >= 4 is 17.5 Å². The summed E-state index contributed by atoms with van der Waals surface area (Å²) < 4.78 is 13.4. The van der Waals surface area contributed by atoms with Crippen molar-refractivity contribution in [3.05, 3.63) is 35.1 Å². The van der Waals surface area contributed by atoms with Crippen LogP contribution in [-0.4, -0.2) is 22.6 Å². The summed E-state index contributed by atoms with van der Waals surface area (Å²) >= 11 is 0. The molecule has 0 heterocycles. The van der Waals surface area contributed by atoms with Gasteiger partial charge in [-0.1, -0.05) is 19.1 Å². The Morgan fingerprint density at radius 1 is 1.53 bits per heavy atom. The number of benzene rings is 1. The molecule has 0 aromatic heterocycles. The fraction of sp³-hybridized carbons (Fsp3) is 0.250. The van der Waals surface area contributed by atoms with Gasteiger partial charge in [0.2, 0.25) is 0 Å². The summed E-state index contributed by atoms with van der Waals surface area (Å²) in [5, 5.41) is 16.6. The number of nitrogens with zero attached hydrogens (tertiary/aromatic N) is 1. The predicted molar refractivity (Wildman–Crippen MR) is 63.6 cm³/mol. The van der Waals surface area contributed by atoms with Crippen molar-refractivity contribution in [3.63, 3.8) is 0 Å². The average Bonchev–Trinajstić information content (AvgIpc) is 2.27. The number of aromatic carboxylic acids is 1. The summed E-state index contributed by atoms with van der Waals surface area (Å²) in [5.74, 6) is -2.49. The third-order valence-electron chi connectivity index (χ3n) is 2.30. The number of amidine groups is 1. The minimum Gasteiger partial charge on any atom is -0.478 e. The van der Waals surface area contributed by atoms with Gasteiger partial charge in [0.15, 0.2) is 5.84 Å². The average molecular weight is 236 g/mol. The molecule has 0 saturated carbocycles. The molecular formula is C12H13FN2O2. The zero-order valence-corrected chi connectivity index (χ0v) is 9.62. The maximum Gasteiger partial charge on any atom is 0.339 e. The highest BCUT2D eigenvalue weighted by Gasteiger charge is 2.18. The molecule has 1 rings (SSSR count). The molecule has 0 amide bonds. The number of carboxylic acids is 1. The highest BCUT2D eigenvalue weighted by Crippen LogP contribution is 2.15. The van der Waals surface area contributed by atoms with Gasteiger partial charge < -0.3 is 5.11 Å². The zero-order valence-electron chi connectivity index (χ0n) is 9.62. The van der Waals surface area contributed by atoms with Crippen LogP contribution < -0.4 is 0 Å². The normalized spacial score (nSPS) is 11.4. The zero-order chi connectivity index (χ0) is 13.0. The third-order valence-corrected chi connectivity index (χ3v) is 2.30. The van der Waals surface area contributed by atoms with Gasteiger partial charge in [-0.2, -0.15) is 0 Å². The Bertz CT molecular complexity index is 495. The molecule has 90 valence electrons. The van der Waals surface area contributed by atoms with Crippen LogP contribution in [0.25, 0.3) is 0 Å². The van der Waals surface area contributed by atoms with Crippen molar-refractivity contribution < 1.29 is 14.3 Å². The van der Waals surface area contributed by atoms with Crippen LogP contribution in [0.5, 0.6) is 0 Å². The molecule has 0 radical (unpaired) electrons. The summed E-state index contributed by atoms with van der Waals surface area (Å²) in [7, 11) is 0. The van der Waals surface area contributed by atoms with E-state index in [4.69, 9.17) is 10.5 Å². The van der Waals surface area contributed by atoms with Crippen molar-refractivity contribution in [1.29, 1.82) is 5.41 Å². The summed E-state index contributed by atoms with van der Waals surface area (Å²) in [6, 6.07) is 3.79. The van der Waals surface area contributed by atoms with Crippen molar-refractivity contribution in [2.24, 2.45) is 4.99 Å². The van der Waals surface area contributed by atoms with Gasteiger partial charge in [-0.3, -0.25) is 5.41 Å². The number of carbonyl (C=O) groups is 1. The van der Waals surface area contributed by atoms with Crippen LogP contribution >= 0.6 is 0 Å². The molecule has 0 fully saturated rings. The first kappa shape index (κ1) is 13.0. The SMILES string of the molecule is CCC(C)=NC(=N)c1cccc(F)c1C(=O)O. The lowest BCUT2D eigenvalue weighted by Crippen LogP contribution is -2.10. The number of halogens is 1. The second-order valence-electron chi connectivity index (χ2n) is 3.52. The van der Waals surface area contributed by atoms with Gasteiger partial charge in [-0.15, -0.1) is 0 Å². The van der Waals surface area contributed by atoms with E-state index in [1.165, 1.54) is 12.1 Å². The van der Waals surface area contributed by atoms with E-state index < -0.39 is 17.3 Å². The Morgan fingerprint density at radius 3 is 2.71 bits per heavy atom. The van der Waals surface area contributed by atoms with E-state index in [9.17, 15) is 9.18 Å². The van der Waals surface area contributed by atoms with Crippen molar-refractivity contribution in [2.45, 2.75) is 20.3 Å². The largest absolute Gasteiger partial charge is 0.478 e. The molecule has 5 heteroatoms. The first-order valence-corrected chi connectivity index (χ1v) is 5.12. The fourth-order valence-corrected chi connectivity index (χ4v) is 1.27. The van der Waals surface area contributed by atoms with Crippen LogP contribution in [0.4, 0.5) is 4.39 Å². The molecule has 0 spiro atoms. The summed E-state index contributed by atoms with van der Waals surface area (Å²) in [6.07, 6.45) is 0.653. The number of rotatable bonds is 3. The smallest absolute Gasteiger partial charge is 0.339 e. The number of hydrogen-bond donors (Lipinski definition) is 2. The standard InChI is InChI=1S/C12H13FN2O2/c1-3-7(2)15-11(14)8-5-4-6-9(13)10(8)12(16)17/h4-6,14H,3H2,1-2H3,(H,16,17). The predicted octanol–water partition coefficient (Wildman–Crippen LogP) is 2.72. The van der Waals surface area contributed by atoms with Gasteiger partial charge in [0.05, 0.1) is 0 Å². The van der Waals surface area contributed by atoms with Crippen molar-refractivity contribution in [3.8, 4) is 0 Å². The molecule has 17 heavy (non-hydrogen) atoms. The lowest BCUT2D eigenvalue weighted by atomic mass is 10.1. The number of hydrogen-bond acceptors (Lipinski definition) is 2. The molecule has 4 nitrogen and oxygen atoms in total. The maximum atomic E-state index is 13.4. The Labute approximate surface area is 98.3 Å². The van der Waals surface area contributed by atoms with E-state index in [1.54, 1.807) is 6.92 Å². The van der Waals surface area contributed by atoms with Gasteiger partial charge in [0.1, 0.15) is 11.4 Å². The van der Waals surface area contributed by atoms with Crippen LogP contribution in [0.2, 0.25) is 0 Å². The van der Waals surface area contributed by atoms with Gasteiger partial charge in [-0.05, 0) is 19.4 Å². The molecule has 0 bridgehead atoms. The molecule has 0 saturated heterocycles. The second-order valence-corrected chi connectivity index (χ2v) is 3.52. The van der Waals surface area contributed by atoms with E-state index in [2.05, 4.69) is 4.99 Å². The summed E-state index contributed by atoms with van der Waals surface area (Å²) in [5.41, 5.74) is 0.172. The Morgan fingerprint density at radius 2 is 2.18 bits per heavy atom. The second kappa shape index (κ2) is 5.34. The summed E-state index contributed by atoms with van der Waals surface area (Å²) in [6.45, 7) is 3.60. The van der Waals surface area contributed by atoms with Gasteiger partial charge >= 0.3 is 5.97 Å². The molecular weight excluding hydrogens is 223 g/mol. The molecule has 1 aromatic rings. The minimum absolute atomic E-state index is 0.00898. The lowest BCUT2D eigenvalue weighted by molar-refractivity contribution is 0.0691. The first-order valence-electron chi connectivity index (χ1n) is 5.12. The Balaban J connectivity index is 3.28. The van der Waals surface area contributed by atoms with E-state index >= 15 is 0 Å². The van der Waals surface area contributed by atoms with Crippen molar-refractivity contribution in [1.82, 2.24) is 0 Å². The number of aliphatic imine (C=N–C) groups is 1. The van der Waals surface area contributed by atoms with Crippen LogP contribution in [0.1, 0.15) is 36.2 Å². The van der Waals surface area contributed by atoms with Crippen molar-refractivity contribution in [2.75, 3.05) is 0 Å². The molecule has 2 N–H and O–H groups in total. The fourth-order valence-electron chi connectivity index (χ4n) is 1.27. The first-order chi connectivity index (χ1) is 7.97. The Kier molecular flexibility index (Phi) is 4.09. The van der Waals surface area contributed by atoms with Gasteiger partial charge in [0, 0.05) is 11.3 Å². The Hall–Kier alpha value is -2.04. The van der Waals surface area contributed by atoms with Crippen LogP contribution in [-0.2, 0) is 0 Å². The third kappa shape index (κ3) is 2.96. The minimum atomic E-state index is -1.40. The monoisotopic (exact) mass is 236 g/mol. The molecule has 0 aliphatic carbocycles. The maximum absolute atomic E-state index is 13.4. The van der Waals surface area contributed by atoms with E-state index in [0.29, 0.717) is 12.1 Å². The molecule has 0 unspecified atom stereocenters. The number of nitrogens with one attached hydrogen (secondary N) is 1. The summed E-state index contributed by atoms with van der Waals surface area (Å²) in [4.78, 5) is 14.8. The van der Waals surface area contributed by atoms with Gasteiger partial charge in [0.25, 0.3) is 0 Å². The lowest BCUT2D eigenvalue weighted by Gasteiger charge is -2.05. The topological polar surface area (TPSA) is 73.5 Å². The highest BCUT2D eigenvalue weighted by atomic mass is 19.1. The van der Waals surface area contributed by atoms with Crippen LogP contribution in [0.3, 0.4) is 0 Å². The van der Waals surface area contributed by atoms with E-state index in [1.807, 2.05) is 6.92 Å². The van der Waals surface area contributed by atoms with Crippen LogP contribution in [0, 0.1) is 11.2 Å². The van der Waals surface area contributed by atoms with E-state index in [0.717, 1.165) is 6.07 Å². The molecule has 0 aliphatic heterocycles. The quantitative estimate of drug-likeness (QED) is 0.625. The molecule has 1 aromatic carbocycles. The van der Waals surface area contributed by atoms with E-state index in [-0.39, 0.29) is 11.4 Å². The highest BCUT2D eigenvalue weighted by molar-refractivity contribution is 6.10. The molecule has 0 atom stereocenters. The number of carboxylic acid groups (broad SMARTS) is 1. The van der Waals surface area contributed by atoms with Gasteiger partial charge in [-0.25, -0.2) is 14.2 Å². The molecule has 0 aliphatic rings.